The van der Waals surface area contributed by atoms with Crippen molar-refractivity contribution in [3.63, 3.8) is 0 Å². The summed E-state index contributed by atoms with van der Waals surface area (Å²) in [5.74, 6) is 0. The molecule has 0 atom stereocenters. The van der Waals surface area contributed by atoms with Crippen LogP contribution in [0.4, 0.5) is 13.2 Å². The molecule has 0 aliphatic rings. The molecule has 1 rings (SSSR count). The molecule has 0 spiro atoms. The van der Waals surface area contributed by atoms with E-state index in [4.69, 9.17) is 0 Å². The fourth-order valence-corrected chi connectivity index (χ4v) is 1.79. The Balaban J connectivity index is 2.27. The van der Waals surface area contributed by atoms with Crippen molar-refractivity contribution in [3.05, 3.63) is 17.5 Å². The SMILES string of the molecule is CCCNCc1cnn(CCCOCC(F)(F)F)c1C. The van der Waals surface area contributed by atoms with Crippen LogP contribution in [0.25, 0.3) is 0 Å². The van der Waals surface area contributed by atoms with Gasteiger partial charge in [0.15, 0.2) is 0 Å². The van der Waals surface area contributed by atoms with Gasteiger partial charge in [-0.05, 0) is 26.3 Å². The van der Waals surface area contributed by atoms with Gasteiger partial charge in [-0.2, -0.15) is 18.3 Å². The number of aromatic nitrogens is 2. The average Bonchev–Trinajstić information content (AvgIpc) is 2.70. The molecule has 0 fully saturated rings. The highest BCUT2D eigenvalue weighted by Gasteiger charge is 2.27. The lowest BCUT2D eigenvalue weighted by molar-refractivity contribution is -0.174. The molecule has 7 heteroatoms. The van der Waals surface area contributed by atoms with Gasteiger partial charge in [0, 0.05) is 31.0 Å². The Labute approximate surface area is 117 Å². The van der Waals surface area contributed by atoms with Gasteiger partial charge < -0.3 is 10.1 Å². The van der Waals surface area contributed by atoms with E-state index in [1.54, 1.807) is 10.9 Å². The smallest absolute Gasteiger partial charge is 0.372 e. The number of nitrogens with zero attached hydrogens (tertiary/aromatic N) is 2. The van der Waals surface area contributed by atoms with Crippen molar-refractivity contribution < 1.29 is 17.9 Å². The first-order valence-electron chi connectivity index (χ1n) is 6.80. The molecule has 0 bridgehead atoms. The van der Waals surface area contributed by atoms with Crippen LogP contribution < -0.4 is 5.32 Å². The van der Waals surface area contributed by atoms with E-state index < -0.39 is 12.8 Å². The normalized spacial score (nSPS) is 12.1. The topological polar surface area (TPSA) is 39.1 Å². The minimum atomic E-state index is -4.25. The van der Waals surface area contributed by atoms with Crippen LogP contribution in [0.3, 0.4) is 0 Å². The summed E-state index contributed by atoms with van der Waals surface area (Å²) in [7, 11) is 0. The number of alkyl halides is 3. The van der Waals surface area contributed by atoms with E-state index >= 15 is 0 Å². The predicted octanol–water partition coefficient (Wildman–Crippen LogP) is 2.66. The van der Waals surface area contributed by atoms with Crippen LogP contribution in [0.5, 0.6) is 0 Å². The van der Waals surface area contributed by atoms with Crippen LogP contribution in [-0.4, -0.2) is 35.7 Å². The highest BCUT2D eigenvalue weighted by atomic mass is 19.4. The zero-order valence-corrected chi connectivity index (χ0v) is 12.0. The zero-order valence-electron chi connectivity index (χ0n) is 12.0. The Morgan fingerprint density at radius 2 is 2.15 bits per heavy atom. The highest BCUT2D eigenvalue weighted by Crippen LogP contribution is 2.14. The Bertz CT molecular complexity index is 391. The van der Waals surface area contributed by atoms with Crippen LogP contribution in [0.1, 0.15) is 31.0 Å². The second kappa shape index (κ2) is 8.26. The Morgan fingerprint density at radius 1 is 1.40 bits per heavy atom. The van der Waals surface area contributed by atoms with Crippen molar-refractivity contribution in [2.75, 3.05) is 19.8 Å². The number of aryl methyl sites for hydroxylation is 1. The monoisotopic (exact) mass is 293 g/mol. The van der Waals surface area contributed by atoms with E-state index in [1.165, 1.54) is 0 Å². The van der Waals surface area contributed by atoms with E-state index in [9.17, 15) is 13.2 Å². The number of halogens is 3. The summed E-state index contributed by atoms with van der Waals surface area (Å²) >= 11 is 0. The fourth-order valence-electron chi connectivity index (χ4n) is 1.79. The van der Waals surface area contributed by atoms with E-state index in [0.29, 0.717) is 13.0 Å². The summed E-state index contributed by atoms with van der Waals surface area (Å²) in [5, 5.41) is 7.54. The largest absolute Gasteiger partial charge is 0.411 e. The fraction of sp³-hybridized carbons (Fsp3) is 0.769. The van der Waals surface area contributed by atoms with Crippen LogP contribution in [-0.2, 0) is 17.8 Å². The van der Waals surface area contributed by atoms with Crippen LogP contribution in [0.15, 0.2) is 6.20 Å². The van der Waals surface area contributed by atoms with E-state index in [-0.39, 0.29) is 6.61 Å². The Hall–Kier alpha value is -1.08. The third kappa shape index (κ3) is 6.38. The van der Waals surface area contributed by atoms with Gasteiger partial charge in [-0.1, -0.05) is 6.92 Å². The summed E-state index contributed by atoms with van der Waals surface area (Å²) in [4.78, 5) is 0. The molecule has 1 aromatic rings. The standard InChI is InChI=1S/C13H22F3N3O/c1-3-5-17-8-12-9-18-19(11(12)2)6-4-7-20-10-13(14,15)16/h9,17H,3-8,10H2,1-2H3. The molecule has 116 valence electrons. The number of ether oxygens (including phenoxy) is 1. The second-order valence-electron chi connectivity index (χ2n) is 4.68. The van der Waals surface area contributed by atoms with Crippen LogP contribution in [0, 0.1) is 6.92 Å². The van der Waals surface area contributed by atoms with Crippen molar-refractivity contribution in [2.24, 2.45) is 0 Å². The average molecular weight is 293 g/mol. The molecule has 1 heterocycles. The van der Waals surface area contributed by atoms with E-state index in [1.807, 2.05) is 6.92 Å². The lowest BCUT2D eigenvalue weighted by atomic mass is 10.2. The number of hydrogen-bond acceptors (Lipinski definition) is 3. The number of nitrogens with one attached hydrogen (secondary N) is 1. The molecule has 0 aromatic carbocycles. The van der Waals surface area contributed by atoms with Crippen molar-refractivity contribution >= 4 is 0 Å². The van der Waals surface area contributed by atoms with Gasteiger partial charge in [-0.15, -0.1) is 0 Å². The van der Waals surface area contributed by atoms with Gasteiger partial charge >= 0.3 is 6.18 Å². The molecule has 0 radical (unpaired) electrons. The van der Waals surface area contributed by atoms with Crippen LogP contribution in [0.2, 0.25) is 0 Å². The van der Waals surface area contributed by atoms with Gasteiger partial charge in [-0.25, -0.2) is 0 Å². The van der Waals surface area contributed by atoms with Gasteiger partial charge in [0.2, 0.25) is 0 Å². The van der Waals surface area contributed by atoms with Gasteiger partial charge in [-0.3, -0.25) is 4.68 Å². The summed E-state index contributed by atoms with van der Waals surface area (Å²) in [5.41, 5.74) is 2.17. The predicted molar refractivity (Wildman–Crippen MR) is 70.5 cm³/mol. The lowest BCUT2D eigenvalue weighted by Crippen LogP contribution is -2.18. The maximum atomic E-state index is 11.9. The van der Waals surface area contributed by atoms with Gasteiger partial charge in [0.05, 0.1) is 6.20 Å². The first kappa shape index (κ1) is 17.0. The van der Waals surface area contributed by atoms with Gasteiger partial charge in [0.25, 0.3) is 0 Å². The molecule has 0 saturated carbocycles. The lowest BCUT2D eigenvalue weighted by Gasteiger charge is -2.08. The van der Waals surface area contributed by atoms with E-state index in [0.717, 1.165) is 30.8 Å². The Morgan fingerprint density at radius 3 is 2.80 bits per heavy atom. The third-order valence-corrected chi connectivity index (χ3v) is 2.87. The van der Waals surface area contributed by atoms with Gasteiger partial charge in [0.1, 0.15) is 6.61 Å². The first-order valence-corrected chi connectivity index (χ1v) is 6.80. The minimum absolute atomic E-state index is 0.0855. The number of hydrogen-bond donors (Lipinski definition) is 1. The summed E-state index contributed by atoms with van der Waals surface area (Å²) in [6.45, 7) is 5.26. The molecule has 20 heavy (non-hydrogen) atoms. The molecule has 0 unspecified atom stereocenters. The third-order valence-electron chi connectivity index (χ3n) is 2.87. The zero-order chi connectivity index (χ0) is 15.0. The molecule has 0 aliphatic heterocycles. The minimum Gasteiger partial charge on any atom is -0.372 e. The van der Waals surface area contributed by atoms with Crippen molar-refractivity contribution in [3.8, 4) is 0 Å². The maximum absolute atomic E-state index is 11.9. The first-order chi connectivity index (χ1) is 9.44. The highest BCUT2D eigenvalue weighted by molar-refractivity contribution is 5.15. The van der Waals surface area contributed by atoms with Crippen LogP contribution >= 0.6 is 0 Å². The summed E-state index contributed by atoms with van der Waals surface area (Å²) in [6.07, 6.45) is -0.863. The second-order valence-corrected chi connectivity index (χ2v) is 4.68. The molecular formula is C13H22F3N3O. The van der Waals surface area contributed by atoms with Crippen molar-refractivity contribution in [2.45, 2.75) is 46.0 Å². The summed E-state index contributed by atoms with van der Waals surface area (Å²) < 4.78 is 42.0. The molecule has 4 nitrogen and oxygen atoms in total. The number of rotatable bonds is 9. The van der Waals surface area contributed by atoms with Crippen molar-refractivity contribution in [1.82, 2.24) is 15.1 Å². The summed E-state index contributed by atoms with van der Waals surface area (Å²) in [6, 6.07) is 0. The molecule has 0 saturated heterocycles. The molecule has 1 N–H and O–H groups in total. The Kier molecular flexibility index (Phi) is 7.01. The quantitative estimate of drug-likeness (QED) is 0.711. The molecule has 0 amide bonds. The molecular weight excluding hydrogens is 271 g/mol. The molecule has 0 aliphatic carbocycles. The maximum Gasteiger partial charge on any atom is 0.411 e. The molecule has 1 aromatic heterocycles. The van der Waals surface area contributed by atoms with Crippen molar-refractivity contribution in [1.29, 1.82) is 0 Å². The van der Waals surface area contributed by atoms with E-state index in [2.05, 4.69) is 22.1 Å².